The van der Waals surface area contributed by atoms with Crippen molar-refractivity contribution in [3.8, 4) is 22.9 Å². The van der Waals surface area contributed by atoms with Gasteiger partial charge in [-0.15, -0.1) is 0 Å². The number of anilines is 3. The zero-order valence-corrected chi connectivity index (χ0v) is 18.7. The maximum atomic E-state index is 13.5. The van der Waals surface area contributed by atoms with Crippen molar-refractivity contribution >= 4 is 34.8 Å². The van der Waals surface area contributed by atoms with Crippen LogP contribution in [0.3, 0.4) is 0 Å². The molecule has 0 radical (unpaired) electrons. The third-order valence-corrected chi connectivity index (χ3v) is 4.84. The van der Waals surface area contributed by atoms with Crippen LogP contribution in [-0.2, 0) is 6.18 Å². The number of nitrogens with zero attached hydrogens (tertiary/aromatic N) is 3. The van der Waals surface area contributed by atoms with E-state index in [1.807, 2.05) is 0 Å². The Morgan fingerprint density at radius 2 is 1.58 bits per heavy atom. The summed E-state index contributed by atoms with van der Waals surface area (Å²) in [6, 6.07) is 9.24. The van der Waals surface area contributed by atoms with E-state index in [1.54, 1.807) is 30.3 Å². The molecule has 4 rings (SSSR count). The molecule has 2 aromatic heterocycles. The number of carbonyl (C=O) groups excluding carboxylic acids is 1. The summed E-state index contributed by atoms with van der Waals surface area (Å²) in [5.41, 5.74) is 5.82. The largest absolute Gasteiger partial charge is 0.424 e. The fraction of sp³-hybridized carbons (Fsp3) is 0.0435. The molecule has 0 aliphatic carbocycles. The minimum atomic E-state index is -4.77. The lowest BCUT2D eigenvalue weighted by Gasteiger charge is -2.11. The number of rotatable bonds is 5. The predicted molar refractivity (Wildman–Crippen MR) is 125 cm³/mol. The quantitative estimate of drug-likeness (QED) is 0.264. The molecule has 2 heterocycles. The van der Waals surface area contributed by atoms with Crippen molar-refractivity contribution in [3.63, 3.8) is 0 Å². The smallest absolute Gasteiger partial charge is 0.416 e. The number of carbonyl (C=O) groups is 1. The predicted octanol–water partition coefficient (Wildman–Crippen LogP) is 6.37. The molecule has 184 valence electrons. The molecule has 0 bridgehead atoms. The number of ether oxygens (including phenoxy) is 1. The number of nitrogens with two attached hydrogens (primary N) is 1. The van der Waals surface area contributed by atoms with Gasteiger partial charge in [-0.1, -0.05) is 23.7 Å². The summed E-state index contributed by atoms with van der Waals surface area (Å²) in [4.78, 5) is 24.0. The fourth-order valence-corrected chi connectivity index (χ4v) is 3.20. The summed E-state index contributed by atoms with van der Waals surface area (Å²) in [6.45, 7) is 0. The van der Waals surface area contributed by atoms with Gasteiger partial charge in [0, 0.05) is 17.4 Å². The highest BCUT2D eigenvalue weighted by atomic mass is 35.5. The second-order valence-corrected chi connectivity index (χ2v) is 7.71. The van der Waals surface area contributed by atoms with E-state index in [1.165, 1.54) is 18.6 Å². The van der Waals surface area contributed by atoms with Gasteiger partial charge in [-0.25, -0.2) is 24.1 Å². The first-order valence-electron chi connectivity index (χ1n) is 10.0. The Morgan fingerprint density at radius 1 is 0.917 bits per heavy atom. The van der Waals surface area contributed by atoms with Gasteiger partial charge in [-0.2, -0.15) is 13.2 Å². The molecule has 0 saturated heterocycles. The molecule has 0 unspecified atom stereocenters. The molecule has 4 aromatic rings. The van der Waals surface area contributed by atoms with E-state index in [4.69, 9.17) is 22.1 Å². The Labute approximate surface area is 206 Å². The van der Waals surface area contributed by atoms with Gasteiger partial charge >= 0.3 is 18.2 Å². The van der Waals surface area contributed by atoms with Crippen molar-refractivity contribution < 1.29 is 27.1 Å². The van der Waals surface area contributed by atoms with Gasteiger partial charge < -0.3 is 21.1 Å². The zero-order valence-electron chi connectivity index (χ0n) is 18.0. The van der Waals surface area contributed by atoms with E-state index in [9.17, 15) is 22.4 Å². The summed E-state index contributed by atoms with van der Waals surface area (Å²) in [5, 5.41) is 4.90. The van der Waals surface area contributed by atoms with E-state index in [2.05, 4.69) is 25.6 Å². The van der Waals surface area contributed by atoms with Crippen LogP contribution in [0.4, 0.5) is 39.5 Å². The van der Waals surface area contributed by atoms with Gasteiger partial charge in [0.2, 0.25) is 0 Å². The Hall–Kier alpha value is -4.45. The maximum Gasteiger partial charge on any atom is 0.416 e. The van der Waals surface area contributed by atoms with Crippen LogP contribution in [0.15, 0.2) is 67.1 Å². The second-order valence-electron chi connectivity index (χ2n) is 7.27. The van der Waals surface area contributed by atoms with Crippen molar-refractivity contribution in [2.45, 2.75) is 6.18 Å². The number of urea groups is 1. The molecule has 0 spiro atoms. The minimum absolute atomic E-state index is 0.0300. The molecule has 2 amide bonds. The van der Waals surface area contributed by atoms with Crippen molar-refractivity contribution in [1.29, 1.82) is 0 Å². The average Bonchev–Trinajstić information content (AvgIpc) is 2.81. The molecule has 2 aromatic carbocycles. The Bertz CT molecular complexity index is 1400. The van der Waals surface area contributed by atoms with Crippen LogP contribution >= 0.6 is 11.6 Å². The Kier molecular flexibility index (Phi) is 6.88. The second kappa shape index (κ2) is 10.0. The van der Waals surface area contributed by atoms with Crippen LogP contribution in [0.1, 0.15) is 5.56 Å². The number of alkyl halides is 3. The summed E-state index contributed by atoms with van der Waals surface area (Å²) < 4.78 is 57.5. The Morgan fingerprint density at radius 3 is 2.25 bits per heavy atom. The highest BCUT2D eigenvalue weighted by Gasteiger charge is 2.31. The number of benzene rings is 2. The molecular weight excluding hydrogens is 504 g/mol. The molecule has 0 aliphatic heterocycles. The van der Waals surface area contributed by atoms with E-state index >= 15 is 0 Å². The SMILES string of the molecule is Nc1ncc(Cl)cc1-c1ccc(Oc2ncc(NC(=O)Nc3cc(F)cc(C(F)(F)F)c3)cn2)cc1. The molecule has 8 nitrogen and oxygen atoms in total. The number of amides is 2. The molecule has 0 atom stereocenters. The highest BCUT2D eigenvalue weighted by Crippen LogP contribution is 2.32. The summed E-state index contributed by atoms with van der Waals surface area (Å²) in [7, 11) is 0. The monoisotopic (exact) mass is 518 g/mol. The van der Waals surface area contributed by atoms with Crippen molar-refractivity contribution in [2.24, 2.45) is 0 Å². The van der Waals surface area contributed by atoms with Crippen LogP contribution in [-0.4, -0.2) is 21.0 Å². The van der Waals surface area contributed by atoms with Crippen LogP contribution in [0.2, 0.25) is 5.02 Å². The normalized spacial score (nSPS) is 11.1. The van der Waals surface area contributed by atoms with E-state index in [0.717, 1.165) is 11.6 Å². The summed E-state index contributed by atoms with van der Waals surface area (Å²) in [5.74, 6) is -0.412. The number of nitrogens with one attached hydrogen (secondary N) is 2. The fourth-order valence-electron chi connectivity index (χ4n) is 3.04. The van der Waals surface area contributed by atoms with Crippen molar-refractivity contribution in [1.82, 2.24) is 15.0 Å². The number of aromatic nitrogens is 3. The topological polar surface area (TPSA) is 115 Å². The first-order chi connectivity index (χ1) is 17.1. The standard InChI is InChI=1S/C23H15ClF4N6O2/c24-14-7-19(20(29)30-9-14)12-1-3-18(4-2-12)36-22-31-10-17(11-32-22)34-21(35)33-16-6-13(23(26,27)28)5-15(25)8-16/h1-11H,(H2,29,30)(H2,33,34,35). The number of pyridine rings is 1. The Balaban J connectivity index is 1.37. The number of nitrogen functional groups attached to an aromatic ring is 1. The van der Waals surface area contributed by atoms with Crippen molar-refractivity contribution in [3.05, 3.63) is 83.5 Å². The molecule has 0 aliphatic rings. The van der Waals surface area contributed by atoms with Crippen LogP contribution in [0.5, 0.6) is 11.8 Å². The minimum Gasteiger partial charge on any atom is -0.424 e. The average molecular weight is 519 g/mol. The zero-order chi connectivity index (χ0) is 25.9. The first-order valence-corrected chi connectivity index (χ1v) is 10.4. The molecule has 4 N–H and O–H groups in total. The lowest BCUT2D eigenvalue weighted by Crippen LogP contribution is -2.20. The third-order valence-electron chi connectivity index (χ3n) is 4.63. The number of halogens is 5. The lowest BCUT2D eigenvalue weighted by molar-refractivity contribution is -0.137. The van der Waals surface area contributed by atoms with Gasteiger partial charge in [-0.3, -0.25) is 0 Å². The van der Waals surface area contributed by atoms with Crippen LogP contribution in [0, 0.1) is 5.82 Å². The van der Waals surface area contributed by atoms with E-state index in [0.29, 0.717) is 34.3 Å². The molecule has 13 heteroatoms. The van der Waals surface area contributed by atoms with Crippen LogP contribution in [0.25, 0.3) is 11.1 Å². The van der Waals surface area contributed by atoms with E-state index < -0.39 is 23.6 Å². The van der Waals surface area contributed by atoms with Gasteiger partial charge in [0.25, 0.3) is 0 Å². The van der Waals surface area contributed by atoms with Gasteiger partial charge in [0.15, 0.2) is 0 Å². The highest BCUT2D eigenvalue weighted by molar-refractivity contribution is 6.30. The molecular formula is C23H15ClF4N6O2. The molecule has 36 heavy (non-hydrogen) atoms. The lowest BCUT2D eigenvalue weighted by atomic mass is 10.1. The van der Waals surface area contributed by atoms with Gasteiger partial charge in [-0.05, 0) is 42.0 Å². The van der Waals surface area contributed by atoms with Crippen LogP contribution < -0.4 is 21.1 Å². The molecule has 0 fully saturated rings. The van der Waals surface area contributed by atoms with Crippen molar-refractivity contribution in [2.75, 3.05) is 16.4 Å². The summed E-state index contributed by atoms with van der Waals surface area (Å²) in [6.07, 6.45) is -0.871. The van der Waals surface area contributed by atoms with E-state index in [-0.39, 0.29) is 17.4 Å². The van der Waals surface area contributed by atoms with Gasteiger partial charge in [0.1, 0.15) is 17.4 Å². The molecule has 0 saturated carbocycles. The number of hydrogen-bond donors (Lipinski definition) is 3. The number of hydrogen-bond acceptors (Lipinski definition) is 6. The van der Waals surface area contributed by atoms with Gasteiger partial charge in [0.05, 0.1) is 28.7 Å². The first kappa shape index (κ1) is 24.7. The summed E-state index contributed by atoms with van der Waals surface area (Å²) >= 11 is 5.97. The maximum absolute atomic E-state index is 13.5. The third kappa shape index (κ3) is 6.16.